The topological polar surface area (TPSA) is 65.4 Å². The molecular formula is C9H12N4O. The maximum Gasteiger partial charge on any atom is 0.163 e. The van der Waals surface area contributed by atoms with Crippen molar-refractivity contribution in [3.8, 4) is 0 Å². The highest BCUT2D eigenvalue weighted by Crippen LogP contribution is 2.14. The number of aromatic nitrogens is 3. The fraction of sp³-hybridized carbons (Fsp3) is 0.333. The lowest BCUT2D eigenvalue weighted by Crippen LogP contribution is -2.02. The average molecular weight is 192 g/mol. The lowest BCUT2D eigenvalue weighted by molar-refractivity contribution is 0.177. The van der Waals surface area contributed by atoms with Gasteiger partial charge in [-0.1, -0.05) is 0 Å². The van der Waals surface area contributed by atoms with Crippen molar-refractivity contribution >= 4 is 11.3 Å². The van der Waals surface area contributed by atoms with Crippen molar-refractivity contribution in [1.29, 1.82) is 0 Å². The van der Waals surface area contributed by atoms with Crippen LogP contribution in [0.5, 0.6) is 0 Å². The van der Waals surface area contributed by atoms with Crippen molar-refractivity contribution in [2.45, 2.75) is 13.5 Å². The Hall–Kier alpha value is -1.62. The number of aryl methyl sites for hydroxylation is 1. The molecule has 2 N–H and O–H groups in total. The van der Waals surface area contributed by atoms with Crippen LogP contribution in [0.4, 0.5) is 5.69 Å². The molecular weight excluding hydrogens is 180 g/mol. The molecule has 0 aromatic carbocycles. The molecule has 0 radical (unpaired) electrons. The van der Waals surface area contributed by atoms with E-state index in [0.717, 1.165) is 22.9 Å². The van der Waals surface area contributed by atoms with E-state index in [-0.39, 0.29) is 0 Å². The predicted octanol–water partition coefficient (Wildman–Crippen LogP) is 0.766. The summed E-state index contributed by atoms with van der Waals surface area (Å²) in [6.07, 6.45) is 0. The molecule has 0 aliphatic rings. The first kappa shape index (κ1) is 8.96. The molecule has 0 saturated heterocycles. The van der Waals surface area contributed by atoms with Crippen LogP contribution in [0, 0.1) is 6.92 Å². The second-order valence-electron chi connectivity index (χ2n) is 3.12. The van der Waals surface area contributed by atoms with Crippen LogP contribution in [-0.4, -0.2) is 21.7 Å². The Morgan fingerprint density at radius 3 is 2.93 bits per heavy atom. The SMILES string of the molecule is COCc1nnc2ccc(N)c(C)n12. The number of nitrogens with zero attached hydrogens (tertiary/aromatic N) is 3. The van der Waals surface area contributed by atoms with Gasteiger partial charge in [0.2, 0.25) is 0 Å². The van der Waals surface area contributed by atoms with Gasteiger partial charge in [-0.3, -0.25) is 4.40 Å². The molecule has 2 aromatic heterocycles. The van der Waals surface area contributed by atoms with Crippen molar-refractivity contribution in [3.05, 3.63) is 23.7 Å². The smallest absolute Gasteiger partial charge is 0.163 e. The van der Waals surface area contributed by atoms with Gasteiger partial charge in [-0.05, 0) is 19.1 Å². The molecule has 0 aliphatic carbocycles. The molecule has 0 saturated carbocycles. The highest BCUT2D eigenvalue weighted by Gasteiger charge is 2.08. The van der Waals surface area contributed by atoms with E-state index in [1.807, 2.05) is 23.5 Å². The lowest BCUT2D eigenvalue weighted by Gasteiger charge is -2.05. The molecule has 5 nitrogen and oxygen atoms in total. The van der Waals surface area contributed by atoms with Gasteiger partial charge < -0.3 is 10.5 Å². The van der Waals surface area contributed by atoms with Gasteiger partial charge >= 0.3 is 0 Å². The average Bonchev–Trinajstić information content (AvgIpc) is 2.57. The largest absolute Gasteiger partial charge is 0.397 e. The van der Waals surface area contributed by atoms with E-state index >= 15 is 0 Å². The molecule has 0 amide bonds. The minimum Gasteiger partial charge on any atom is -0.397 e. The van der Waals surface area contributed by atoms with E-state index in [0.29, 0.717) is 6.61 Å². The van der Waals surface area contributed by atoms with Crippen LogP contribution in [0.3, 0.4) is 0 Å². The molecule has 5 heteroatoms. The predicted molar refractivity (Wildman–Crippen MR) is 52.8 cm³/mol. The number of hydrogen-bond acceptors (Lipinski definition) is 4. The second kappa shape index (κ2) is 3.26. The summed E-state index contributed by atoms with van der Waals surface area (Å²) in [7, 11) is 1.63. The van der Waals surface area contributed by atoms with Crippen LogP contribution in [0.2, 0.25) is 0 Å². The Morgan fingerprint density at radius 1 is 1.43 bits per heavy atom. The summed E-state index contributed by atoms with van der Waals surface area (Å²) in [5, 5.41) is 8.04. The van der Waals surface area contributed by atoms with Gasteiger partial charge in [0.1, 0.15) is 6.61 Å². The zero-order valence-corrected chi connectivity index (χ0v) is 8.19. The quantitative estimate of drug-likeness (QED) is 0.763. The minimum atomic E-state index is 0.436. The van der Waals surface area contributed by atoms with E-state index in [2.05, 4.69) is 10.2 Å². The molecule has 14 heavy (non-hydrogen) atoms. The van der Waals surface area contributed by atoms with Crippen molar-refractivity contribution in [2.24, 2.45) is 0 Å². The highest BCUT2D eigenvalue weighted by molar-refractivity contribution is 5.52. The number of anilines is 1. The zero-order chi connectivity index (χ0) is 10.1. The summed E-state index contributed by atoms with van der Waals surface area (Å²) >= 11 is 0. The molecule has 0 atom stereocenters. The van der Waals surface area contributed by atoms with Crippen LogP contribution < -0.4 is 5.73 Å². The Kier molecular flexibility index (Phi) is 2.09. The molecule has 0 aliphatic heterocycles. The van der Waals surface area contributed by atoms with Gasteiger partial charge in [-0.25, -0.2) is 0 Å². The lowest BCUT2D eigenvalue weighted by atomic mass is 10.3. The number of fused-ring (bicyclic) bond motifs is 1. The summed E-state index contributed by atoms with van der Waals surface area (Å²) in [4.78, 5) is 0. The summed E-state index contributed by atoms with van der Waals surface area (Å²) in [5.74, 6) is 0.771. The standard InChI is InChI=1S/C9H12N4O/c1-6-7(10)3-4-8-11-12-9(5-14-2)13(6)8/h3-4H,5,10H2,1-2H3. The second-order valence-corrected chi connectivity index (χ2v) is 3.12. The third-order valence-corrected chi connectivity index (χ3v) is 2.19. The molecule has 2 heterocycles. The van der Waals surface area contributed by atoms with Crippen LogP contribution >= 0.6 is 0 Å². The molecule has 2 rings (SSSR count). The third-order valence-electron chi connectivity index (χ3n) is 2.19. The van der Waals surface area contributed by atoms with E-state index < -0.39 is 0 Å². The highest BCUT2D eigenvalue weighted by atomic mass is 16.5. The Labute approximate surface area is 81.5 Å². The summed E-state index contributed by atoms with van der Waals surface area (Å²) in [6.45, 7) is 2.37. The van der Waals surface area contributed by atoms with Crippen LogP contribution in [0.25, 0.3) is 5.65 Å². The van der Waals surface area contributed by atoms with E-state index in [1.165, 1.54) is 0 Å². The zero-order valence-electron chi connectivity index (χ0n) is 8.19. The van der Waals surface area contributed by atoms with Crippen LogP contribution in [-0.2, 0) is 11.3 Å². The number of rotatable bonds is 2. The number of nitrogens with two attached hydrogens (primary N) is 1. The molecule has 0 spiro atoms. The number of ether oxygens (including phenoxy) is 1. The summed E-state index contributed by atoms with van der Waals surface area (Å²) in [6, 6.07) is 3.67. The van der Waals surface area contributed by atoms with Gasteiger partial charge in [0.05, 0.1) is 5.69 Å². The third kappa shape index (κ3) is 1.22. The van der Waals surface area contributed by atoms with Gasteiger partial charge in [0, 0.05) is 12.8 Å². The first-order valence-corrected chi connectivity index (χ1v) is 4.32. The van der Waals surface area contributed by atoms with Gasteiger partial charge in [-0.2, -0.15) is 0 Å². The van der Waals surface area contributed by atoms with Gasteiger partial charge in [-0.15, -0.1) is 10.2 Å². The Balaban J connectivity index is 2.69. The van der Waals surface area contributed by atoms with Crippen LogP contribution in [0.1, 0.15) is 11.5 Å². The van der Waals surface area contributed by atoms with E-state index in [1.54, 1.807) is 7.11 Å². The molecule has 0 bridgehead atoms. The normalized spacial score (nSPS) is 11.0. The summed E-state index contributed by atoms with van der Waals surface area (Å²) in [5.41, 5.74) is 8.26. The number of methoxy groups -OCH3 is 1. The first-order valence-electron chi connectivity index (χ1n) is 4.32. The number of nitrogen functional groups attached to an aromatic ring is 1. The first-order chi connectivity index (χ1) is 6.74. The van der Waals surface area contributed by atoms with E-state index in [9.17, 15) is 0 Å². The fourth-order valence-corrected chi connectivity index (χ4v) is 1.44. The Morgan fingerprint density at radius 2 is 2.21 bits per heavy atom. The number of hydrogen-bond donors (Lipinski definition) is 1. The molecule has 0 fully saturated rings. The van der Waals surface area contributed by atoms with Crippen molar-refractivity contribution in [2.75, 3.05) is 12.8 Å². The Bertz CT molecular complexity index is 463. The van der Waals surface area contributed by atoms with Crippen molar-refractivity contribution in [1.82, 2.24) is 14.6 Å². The van der Waals surface area contributed by atoms with Gasteiger partial charge in [0.25, 0.3) is 0 Å². The fourth-order valence-electron chi connectivity index (χ4n) is 1.44. The molecule has 0 unspecified atom stereocenters. The monoisotopic (exact) mass is 192 g/mol. The van der Waals surface area contributed by atoms with Crippen molar-refractivity contribution < 1.29 is 4.74 Å². The molecule has 74 valence electrons. The van der Waals surface area contributed by atoms with E-state index in [4.69, 9.17) is 10.5 Å². The molecule has 2 aromatic rings. The number of pyridine rings is 1. The summed E-state index contributed by atoms with van der Waals surface area (Å²) < 4.78 is 6.93. The van der Waals surface area contributed by atoms with Crippen molar-refractivity contribution in [3.63, 3.8) is 0 Å². The minimum absolute atomic E-state index is 0.436. The van der Waals surface area contributed by atoms with Gasteiger partial charge in [0.15, 0.2) is 11.5 Å². The maximum absolute atomic E-state index is 5.79. The maximum atomic E-state index is 5.79. The van der Waals surface area contributed by atoms with Crippen LogP contribution in [0.15, 0.2) is 12.1 Å².